The Morgan fingerprint density at radius 2 is 1.84 bits per heavy atom. The van der Waals surface area contributed by atoms with Crippen molar-refractivity contribution in [2.45, 2.75) is 51.9 Å². The Labute approximate surface area is 193 Å². The van der Waals surface area contributed by atoms with Gasteiger partial charge < -0.3 is 20.5 Å². The van der Waals surface area contributed by atoms with E-state index in [9.17, 15) is 9.59 Å². The summed E-state index contributed by atoms with van der Waals surface area (Å²) < 4.78 is 10.5. The van der Waals surface area contributed by atoms with E-state index in [4.69, 9.17) is 27.4 Å². The third-order valence-corrected chi connectivity index (χ3v) is 5.15. The monoisotopic (exact) mass is 455 g/mol. The molecule has 170 valence electrons. The highest BCUT2D eigenvalue weighted by atomic mass is 32.1. The molecule has 0 saturated heterocycles. The molecule has 0 heterocycles. The fourth-order valence-corrected chi connectivity index (χ4v) is 3.61. The quantitative estimate of drug-likeness (QED) is 0.387. The van der Waals surface area contributed by atoms with Crippen molar-refractivity contribution < 1.29 is 19.1 Å². The number of carbonyl (C=O) groups excluding carboxylic acids is 2. The molecule has 8 heteroatoms. The van der Waals surface area contributed by atoms with Crippen LogP contribution in [0.2, 0.25) is 0 Å². The van der Waals surface area contributed by atoms with Gasteiger partial charge >= 0.3 is 12.1 Å². The topological polar surface area (TPSA) is 103 Å². The van der Waals surface area contributed by atoms with Gasteiger partial charge in [-0.25, -0.2) is 4.79 Å². The highest BCUT2D eigenvalue weighted by Gasteiger charge is 2.20. The summed E-state index contributed by atoms with van der Waals surface area (Å²) in [7, 11) is 0. The van der Waals surface area contributed by atoms with Crippen LogP contribution in [0.5, 0.6) is 0 Å². The van der Waals surface area contributed by atoms with Crippen molar-refractivity contribution in [3.8, 4) is 11.1 Å². The largest absolute Gasteiger partial charge is 0.460 e. The van der Waals surface area contributed by atoms with Gasteiger partial charge in [0.1, 0.15) is 18.2 Å². The lowest BCUT2D eigenvalue weighted by atomic mass is 10.0. The second kappa shape index (κ2) is 10.1. The zero-order chi connectivity index (χ0) is 23.3. The van der Waals surface area contributed by atoms with E-state index in [1.165, 1.54) is 22.3 Å². The molecule has 1 amide bonds. The molecule has 2 aromatic rings. The number of amides is 1. The highest BCUT2D eigenvalue weighted by Crippen LogP contribution is 2.36. The maximum absolute atomic E-state index is 12.3. The van der Waals surface area contributed by atoms with Crippen LogP contribution >= 0.6 is 12.2 Å². The normalized spacial score (nSPS) is 12.9. The van der Waals surface area contributed by atoms with Crippen molar-refractivity contribution in [3.05, 3.63) is 59.2 Å². The molecule has 32 heavy (non-hydrogen) atoms. The van der Waals surface area contributed by atoms with Crippen LogP contribution in [0.4, 0.5) is 4.79 Å². The van der Waals surface area contributed by atoms with Crippen molar-refractivity contribution in [2.24, 2.45) is 5.73 Å². The first-order valence-corrected chi connectivity index (χ1v) is 10.9. The summed E-state index contributed by atoms with van der Waals surface area (Å²) in [5.41, 5.74) is 11.2. The molecule has 1 aliphatic carbocycles. The first kappa shape index (κ1) is 23.7. The van der Waals surface area contributed by atoms with E-state index >= 15 is 0 Å². The van der Waals surface area contributed by atoms with Crippen LogP contribution in [0, 0.1) is 0 Å². The van der Waals surface area contributed by atoms with Gasteiger partial charge in [-0.3, -0.25) is 10.1 Å². The molecule has 3 rings (SSSR count). The van der Waals surface area contributed by atoms with Gasteiger partial charge in [0.2, 0.25) is 0 Å². The average molecular weight is 456 g/mol. The number of benzene rings is 2. The highest BCUT2D eigenvalue weighted by molar-refractivity contribution is 7.80. The molecule has 0 aromatic heterocycles. The summed E-state index contributed by atoms with van der Waals surface area (Å²) >= 11 is 5.04. The number of nitrogens with one attached hydrogen (secondary N) is 2. The summed E-state index contributed by atoms with van der Waals surface area (Å²) in [5, 5.41) is 5.35. The first-order chi connectivity index (χ1) is 15.1. The Bertz CT molecular complexity index is 1020. The van der Waals surface area contributed by atoms with Crippen LogP contribution < -0.4 is 16.4 Å². The minimum absolute atomic E-state index is 0.109. The Morgan fingerprint density at radius 1 is 1.12 bits per heavy atom. The van der Waals surface area contributed by atoms with Crippen LogP contribution in [0.1, 0.15) is 43.9 Å². The first-order valence-electron chi connectivity index (χ1n) is 10.5. The fourth-order valence-electron chi connectivity index (χ4n) is 3.42. The summed E-state index contributed by atoms with van der Waals surface area (Å²) in [5.74, 6) is -0.487. The summed E-state index contributed by atoms with van der Waals surface area (Å²) in [4.78, 5) is 23.9. The van der Waals surface area contributed by atoms with Crippen molar-refractivity contribution in [1.82, 2.24) is 10.6 Å². The second-order valence-corrected chi connectivity index (χ2v) is 9.12. The molecular formula is C24H29N3O4S. The van der Waals surface area contributed by atoms with Crippen molar-refractivity contribution in [3.63, 3.8) is 0 Å². The van der Waals surface area contributed by atoms with E-state index < -0.39 is 23.7 Å². The fraction of sp³-hybridized carbons (Fsp3) is 0.375. The van der Waals surface area contributed by atoms with Gasteiger partial charge in [0.05, 0.1) is 0 Å². The number of hydrogen-bond acceptors (Lipinski definition) is 6. The molecule has 1 aliphatic rings. The summed E-state index contributed by atoms with van der Waals surface area (Å²) in [6, 6.07) is 13.7. The second-order valence-electron chi connectivity index (χ2n) is 8.71. The zero-order valence-electron chi connectivity index (χ0n) is 18.6. The van der Waals surface area contributed by atoms with E-state index in [-0.39, 0.29) is 11.7 Å². The van der Waals surface area contributed by atoms with E-state index in [0.29, 0.717) is 13.0 Å². The molecule has 1 atom stereocenters. The van der Waals surface area contributed by atoms with Crippen LogP contribution in [0.3, 0.4) is 0 Å². The van der Waals surface area contributed by atoms with Crippen LogP contribution in [-0.4, -0.2) is 35.4 Å². The minimum Gasteiger partial charge on any atom is -0.460 e. The van der Waals surface area contributed by atoms with Gasteiger partial charge in [0, 0.05) is 6.54 Å². The SMILES string of the molecule is CC(C)(C)OC(=O)NC(=S)NCCC(N)C(=O)OCc1ccc2c(c1)-c1ccccc1C2. The van der Waals surface area contributed by atoms with E-state index in [2.05, 4.69) is 34.9 Å². The molecule has 2 aromatic carbocycles. The standard InChI is InChI=1S/C24H29N3O4S/c1-24(2,3)31-23(29)27-22(32)26-11-10-20(25)21(28)30-14-15-8-9-17-13-16-6-4-5-7-18(16)19(17)12-15/h4-9,12,20H,10-11,13-14,25H2,1-3H3,(H2,26,27,29,32). The number of rotatable bonds is 6. The van der Waals surface area contributed by atoms with Crippen LogP contribution in [0.15, 0.2) is 42.5 Å². The number of carbonyl (C=O) groups is 2. The Hall–Kier alpha value is -2.97. The van der Waals surface area contributed by atoms with Crippen LogP contribution in [0.25, 0.3) is 11.1 Å². The molecule has 0 saturated carbocycles. The Morgan fingerprint density at radius 3 is 2.59 bits per heavy atom. The number of thiocarbonyl (C=S) groups is 1. The number of alkyl carbamates (subject to hydrolysis) is 1. The number of esters is 1. The van der Waals surface area contributed by atoms with Gasteiger partial charge in [-0.05, 0) is 79.7 Å². The maximum atomic E-state index is 12.3. The number of hydrogen-bond donors (Lipinski definition) is 3. The summed E-state index contributed by atoms with van der Waals surface area (Å²) in [6.07, 6.45) is 0.580. The van der Waals surface area contributed by atoms with E-state index in [1.54, 1.807) is 20.8 Å². The Kier molecular flexibility index (Phi) is 7.48. The van der Waals surface area contributed by atoms with Gasteiger partial charge in [-0.15, -0.1) is 0 Å². The molecule has 7 nitrogen and oxygen atoms in total. The average Bonchev–Trinajstić information content (AvgIpc) is 3.08. The van der Waals surface area contributed by atoms with E-state index in [0.717, 1.165) is 12.0 Å². The number of ether oxygens (including phenoxy) is 2. The zero-order valence-corrected chi connectivity index (χ0v) is 19.4. The molecular weight excluding hydrogens is 426 g/mol. The summed E-state index contributed by atoms with van der Waals surface area (Å²) in [6.45, 7) is 5.74. The van der Waals surface area contributed by atoms with Gasteiger partial charge in [0.25, 0.3) is 0 Å². The molecule has 0 fully saturated rings. The molecule has 1 unspecified atom stereocenters. The van der Waals surface area contributed by atoms with E-state index in [1.807, 2.05) is 18.2 Å². The Balaban J connectivity index is 1.41. The number of nitrogens with two attached hydrogens (primary N) is 1. The number of fused-ring (bicyclic) bond motifs is 3. The van der Waals surface area contributed by atoms with Crippen molar-refractivity contribution in [2.75, 3.05) is 6.54 Å². The van der Waals surface area contributed by atoms with Crippen molar-refractivity contribution in [1.29, 1.82) is 0 Å². The van der Waals surface area contributed by atoms with Gasteiger partial charge in [-0.1, -0.05) is 36.4 Å². The van der Waals surface area contributed by atoms with Gasteiger partial charge in [0.15, 0.2) is 5.11 Å². The lowest BCUT2D eigenvalue weighted by Crippen LogP contribution is -2.44. The lowest BCUT2D eigenvalue weighted by Gasteiger charge is -2.20. The predicted molar refractivity (Wildman–Crippen MR) is 127 cm³/mol. The molecule has 0 aliphatic heterocycles. The lowest BCUT2D eigenvalue weighted by molar-refractivity contribution is -0.146. The third-order valence-electron chi connectivity index (χ3n) is 4.90. The molecule has 0 spiro atoms. The molecule has 0 bridgehead atoms. The smallest absolute Gasteiger partial charge is 0.413 e. The van der Waals surface area contributed by atoms with Crippen LogP contribution in [-0.2, 0) is 27.3 Å². The third kappa shape index (κ3) is 6.51. The van der Waals surface area contributed by atoms with Gasteiger partial charge in [-0.2, -0.15) is 0 Å². The minimum atomic E-state index is -0.804. The molecule has 0 radical (unpaired) electrons. The molecule has 4 N–H and O–H groups in total. The predicted octanol–water partition coefficient (Wildman–Crippen LogP) is 3.42. The maximum Gasteiger partial charge on any atom is 0.413 e. The van der Waals surface area contributed by atoms with Crippen molar-refractivity contribution >= 4 is 29.4 Å².